The Hall–Kier alpha value is -7.74. The van der Waals surface area contributed by atoms with E-state index in [-0.39, 0.29) is 123 Å². The minimum absolute atomic E-state index is 0. The number of aliphatic hydroxyl groups excluding tert-OH is 10. The number of aliphatic hydroxyl groups is 10. The number of likely N-dealkylation sites (N-methyl/N-ethyl adjacent to an activating group) is 1. The summed E-state index contributed by atoms with van der Waals surface area (Å²) in [5.41, 5.74) is 9.08. The summed E-state index contributed by atoms with van der Waals surface area (Å²) in [5.74, 6) is 8.41. The molecule has 0 amide bonds. The van der Waals surface area contributed by atoms with Crippen molar-refractivity contribution < 1.29 is 955 Å². The number of halogens is 1. The number of ketones is 1. The number of rotatable bonds is 46. The number of Topliss-reactive ketones (excluding diaryl/α,β-unsaturated/α-hetero) is 1. The van der Waals surface area contributed by atoms with Crippen LogP contribution in [0.25, 0.3) is 0 Å². The summed E-state index contributed by atoms with van der Waals surface area (Å²) in [5, 5.41) is 88.9. The molecule has 1 fully saturated rings. The van der Waals surface area contributed by atoms with Crippen LogP contribution < -0.4 is 33.2 Å². The predicted molar refractivity (Wildman–Crippen MR) is 1110 cm³/mol. The number of unbranched alkanes of at least 4 members (excludes halogenated alkanes) is 1. The Kier molecular flexibility index (Phi) is 5.69. The first kappa shape index (κ1) is 9.39. The lowest BCUT2D eigenvalue weighted by atomic mass is 9.98. The maximum atomic E-state index is 13.0. The fourth-order valence-corrected chi connectivity index (χ4v) is 12.9. The molecule has 0 aromatic heterocycles. The summed E-state index contributed by atoms with van der Waals surface area (Å²) < 4.78 is 2930. The van der Waals surface area contributed by atoms with Crippen molar-refractivity contribution in [2.75, 3.05) is 126 Å². The molecule has 20 nitrogen and oxygen atoms in total. The second-order valence-electron chi connectivity index (χ2n) is 30.7. The number of carbonyl (C=O) groups excluding carboxylic acids is 1. The van der Waals surface area contributed by atoms with Gasteiger partial charge < -0.3 is 93.9 Å². The number of nitrogens with zero attached hydrogens (tertiary/aromatic N) is 1. The van der Waals surface area contributed by atoms with Crippen molar-refractivity contribution in [3.05, 3.63) is 208 Å². The van der Waals surface area contributed by atoms with Crippen molar-refractivity contribution in [2.45, 2.75) is 232 Å². The quantitative estimate of drug-likeness (QED) is 0.0170. The van der Waals surface area contributed by atoms with Gasteiger partial charge in [-0.15, -0.1) is 0 Å². The summed E-state index contributed by atoms with van der Waals surface area (Å²) >= 11 is 0. The molecule has 9 rings (SSSR count). The van der Waals surface area contributed by atoms with E-state index >= 15 is 0 Å². The van der Waals surface area contributed by atoms with Crippen molar-refractivity contribution in [3.8, 4) is 40.2 Å². The second kappa shape index (κ2) is 74.5. The van der Waals surface area contributed by atoms with E-state index in [1.54, 1.807) is 6.07 Å². The average Bonchev–Trinajstić information content (AvgIpc) is 1.67. The molecule has 0 bridgehead atoms. The number of hydrogen-bond donors (Lipinski definition) is 10. The summed E-state index contributed by atoms with van der Waals surface area (Å²) in [6.07, 6.45) is 18.9. The zero-order valence-corrected chi connectivity index (χ0v) is 74.6. The number of benzene rings is 7. The molecular formula is C102H744FNO19. The summed E-state index contributed by atoms with van der Waals surface area (Å²) in [4.78, 5) is 13.4. The molecule has 0 spiro atoms. The Bertz CT molecular complexity index is 4070. The van der Waals surface area contributed by atoms with E-state index in [0.29, 0.717) is 94.6 Å². The molecule has 0 radical (unpaired) electrons. The van der Waals surface area contributed by atoms with Crippen LogP contribution in [0.4, 0.5) is 4.39 Å². The first-order valence-electron chi connectivity index (χ1n) is 331. The molecule has 2 aliphatic carbocycles. The van der Waals surface area contributed by atoms with Gasteiger partial charge in [0.15, 0.2) is 0 Å². The number of ether oxygens (including phenoxy) is 8. The largest absolute Gasteiger partial charge is 0.491 e. The second-order valence-corrected chi connectivity index (χ2v) is 30.7. The molecule has 1278 valence electrons. The molecule has 0 aliphatic heterocycles. The van der Waals surface area contributed by atoms with E-state index in [4.69, 9.17) is 931 Å². The van der Waals surface area contributed by atoms with Crippen LogP contribution in [0.15, 0.2) is 158 Å². The maximum absolute atomic E-state index is 13.0. The van der Waals surface area contributed by atoms with Gasteiger partial charge >= 0.3 is 0 Å². The van der Waals surface area contributed by atoms with E-state index in [9.17, 15) is 19.4 Å². The molecule has 2 aliphatic rings. The number of hydrogen-bond acceptors (Lipinski definition) is 20. The van der Waals surface area contributed by atoms with Crippen molar-refractivity contribution in [1.82, 2.24) is 4.90 Å². The van der Waals surface area contributed by atoms with Gasteiger partial charge in [0, 0.05) is 900 Å². The minimum atomic E-state index is -0.457. The third-order valence-corrected chi connectivity index (χ3v) is 20.4. The Morgan fingerprint density at radius 2 is 0.862 bits per heavy atom. The van der Waals surface area contributed by atoms with Gasteiger partial charge in [-0.25, -0.2) is 4.39 Å². The highest BCUT2D eigenvalue weighted by Gasteiger charge is 2.27. The normalized spacial score (nSPS) is 32.8. The van der Waals surface area contributed by atoms with Crippen molar-refractivity contribution in [3.63, 3.8) is 0 Å². The summed E-state index contributed by atoms with van der Waals surface area (Å²) in [7, 11) is 4.11. The highest BCUT2D eigenvalue weighted by molar-refractivity contribution is 5.81. The standard InChI is InChI=1S/C13H20O3.C13H18O2.2C13H20O2.C12H17FO3.C12H19NO2.C12H16O3.C11H22O2.3CH4.290H2/c1-10(2)12(15)9-11-5-3-4-6-13(11)16-8-7-14;1-2-10-8-11-4-3-5-13(12(11)9-10)15-7-6-14;2*1-3-11(2)10-12-6-4-5-7-13(12)15-9-8-14;1-2-11(15)7-9-3-4-10(13)8-12(9)16-6-5-14;1-13(2)8-7-11-5-3-4-6-12(11)15-10-9-14;1-2-11(14)9-10-5-3-4-6-12(10)15-8-7-13;1-2-3-5-10-6-4-7-11(10)13-9-8-12;;;;;;;;;;;;;;;;;;;;;;;;;;;;;;;;;;;;;;;;;;;;;;;;;;;;;;;;;;;;;;;;;;;;;;;;;;;;;;;;;;;;;;;;;;;;;;;;;;;;;;;;;;;;;;;;;;;;;;;;;;;;;;;;;;;;;;;;;;;;;;;;;;;;;;;;;;;;;;;;;;;;;;;;;;;;;;;;;;;;;;;;;;;;;;;;;;;;;;;;;;;;;;;;;;;;;;;;;;;;;;;;;;;;;;;;;;;;;;;;;;;;;;;;;;;;;;;;;;;;;;;;;;;;;;;;;;;;;;;;;;;;;;;;;;;;;/h3-6,10,12,14-15H,7-9H2,1-2H3;3-5,10,14H,2,6-9H2,1H3;2*4-7,11,14H,3,8-10H2,1-2H3;3-4,8,11,14-15H,2,5-7H2,1H3;3-6,14H,7-10H2,1-2H3;3-6,13H,2,7-9H2,1H3;10-12H,2-9H2,1H3;3*1H4;290*1H/i;;;;;;;;;;;287*1+2T;3*1+2. The molecule has 7 unspecified atom stereocenters. The lowest BCUT2D eigenvalue weighted by Crippen LogP contribution is -2.19. The van der Waals surface area contributed by atoms with E-state index in [1.807, 2.05) is 143 Å². The molecule has 7 atom stereocenters. The molecule has 0 saturated heterocycles. The molecule has 0 heterocycles. The lowest BCUT2D eigenvalue weighted by molar-refractivity contribution is -0.118. The van der Waals surface area contributed by atoms with Crippen molar-refractivity contribution in [1.29, 1.82) is 0 Å². The molecule has 1 saturated carbocycles. The first-order valence-corrected chi connectivity index (χ1v) is 43.8. The zero-order valence-electron chi connectivity index (χ0n) is 649. The molecule has 10 N–H and O–H groups in total. The van der Waals surface area contributed by atoms with Gasteiger partial charge in [0.2, 0.25) is 0 Å². The molecule has 7 aromatic rings. The maximum Gasteiger partial charge on any atom is 0.137 e. The average molecular weight is 3470 g/mol. The highest BCUT2D eigenvalue weighted by Crippen LogP contribution is 2.36. The summed E-state index contributed by atoms with van der Waals surface area (Å²) in [6, 6.07) is 49.6. The molecule has 21 heteroatoms. The fraction of sp³-hybridized carbons (Fsp3) is 0.578. The van der Waals surface area contributed by atoms with Gasteiger partial charge in [-0.05, 0) is 183 Å². The SMILES string of the molecule is C.C.C.CC(C)C(O)Cc1ccccc1OCCO.CCC(=O)Cc1ccccc1OCCO.CCC(C)Cc1ccccc1OCCO.CCC(C)Cc1ccccc1OCCO.CCC(O)Cc1ccc(F)cc1OCCO.CCC1Cc2cccc(OCCO)c2C1.CCCCC1CCCC1OCCO.CN(C)CCc1ccccc1OCCO.[3HH].[3HH].[3HH].[3H][3H].[3H][3H].[3H][3H].[3H][3H].[3H][3H].[3H][3H].[3H][3H].[3H][3H].[3H][3H].[3H][3H].[3H][3H].[3H][3H].[3H][3H].[3H][3H].[3H][3H].[3H][3H].[3H][3H].[3H][3H].[3H][3H].[3H][3H].[3H][3H].[3H][3H].[3H][3H].[3H][3H].[3H][3H].[3H][3H].[3H][3H].[3H][3H].[3H][3H].[3H][3H].[3H][3H].[3H][3H].[3H][3H].[3H][3H].[3H][3H].[3H][3H].[3H][3H].[3H][3H].[3H][3H].[3H][3H].[3H][3H].[3H][3H].[3H][3H].[3H][3H].[3H][3H].[3H][3H].[3H][3H].[3H][3H].[3H][3H].[3H][3H].[3H][3H].[3H][3H].[3H][3H].[3H][3H].[3H][3H].[3H][3H].[3H][3H].[3H][3H].[3H][3H].[3H][3H].[3H][3H].[3H][3H].[3H][3H].[3H][3H].[3H][3H].[3H][3H].[3H][3H].[3H][3H].[3H][3H].[3H][3H].[3H][3H].[3H][3H].[3H][3H].[3H][3H].[3H][3H].[3H][3H].[3H][3H].[3H][3H].[3H][3H].[3H][3H].[3H][3H].[3H][3H].[3H][3H].[3H][3H].[3H][3H].[3H][3H].[3H][3H].[3H][3H].[3H][3H].[3H][3H].[3H][3H].[3H][3H].[3H][3H].[3H][3H].[3H][3H].[3H][3H].[3H][3H].[3H][3H].[3H][3H].[3H][3H].[3H][3H].[3H][3H].[3H][3H].[3H][3H].[3H][3H].[3H][3H].[3H][3H].[3H][3H].[3H][3H].[3H][3H].[3H][3H].[3H][3H].[3H][3H].[3H][3H].[3H][3H].[3H][3H].[3H][3H].[3H][3H].[3H][3H].[3H][3H].[3H][3H].[3H][3H].[3H][3H].[3H][3H].[3H][3H].[3H][3H].[3H][3H].[3H][3H].[3H][3H].[3H][3H].[3H][3H].[3H][3H].[3H][3H].[3H][3H].[3H][3H].[3H][3H].[3H][3H].[3H][3H].[3H][3H].[3H][3H].[3H][3H].[3H][3H].[3H][3H].[3H][3H].[3H][3H].[3H][3H].[3H][3H].[3H][3H].[3H][3H].[3H][3H].[3H][3H].[3H][3H].[3H][3H].[3H][3H].[3H][3H].[3H][3H].[3H][3H].[3H][3H].[3H][3H].[3H][3H].[3H][3H].[3H][3H].[3H][3H].[3H][3H].[3H][3H].[3H][3H].[3H][3H].[3H][3H].[3H][3H].[3H][3H].[3H][3H].[3H][3H].[3H][3H].[3H][3H].[3H][3H].[3H][3H].[3H][3H].[3H][3H].[3H][3H].[3H][3H].[3H][3H].[3H][3H].[3H][3H].[3H][3H].[3H][3H].[3H][3H].[3H][3H].[3H][3H].[3H][3H].[3H][3H].[3H][3H].[3H][3H].[3H][3H].[3H][3H].[3H][3H].[3H][3H].[3H][3H].[3H][3H].[3H][3H].[3H][3H].[3H][3H].[3H][3H].[3H][3H].[3H][3H].[3H][3H].[3H][3H].[3H][3H].[3H][3H].[3H][3H].[3H][3H].[3H][3H].[3H][3H].[3H][3H].[3H][3H].[3H][3H].[3H][3H].[3H][3H].[3H][3H].[3H][3H].[3H][3H].[3H][3H].[3H][3H].[3H][3H].[3H][3H].[3H][3H].[3H][3H].[3H][3H].[3H][3H].[3H][3H].[3H][3H].[3H][3H].[3H][3H].[3H][3H].[3H][3H].[3H][3H].[3H][3H].[3H][3H].[3H][3H].[3H][3H].[3H][3H].[3H][3H].[3H][3H].[3H][3H].[3H][3H].[3H][3H].[3H][3H].[3H][3H].[3H][3H].[3H][3H].[3H][3H].[3H][3H].[3H][3H].[3H][3H].[3H][3H].[3H][3H].[3H][3H].[3H][3H].[3H][3H].[3H][3H].[3H][3H].[3H][3H].[3H][3H].[3H][3H].[3H][3H].[3H][3H].[3H][3H].[3H][3H].[3H][3H].[3H][3H].[3H][3H].[3H][3H].[3H][3H].[3H][3H].[3H][3H].[3H][3H].[3H][3H].[3H][3H].[3H][3H].[3H][3H].[3H][3H].[3H][3H].[3H][3H].[3H][3H].[3H][3H].[3H][3H].[3H][3H].[3H][3H]. The first-order chi connectivity index (χ1) is 345. The van der Waals surface area contributed by atoms with E-state index in [2.05, 4.69) is 84.8 Å². The Labute approximate surface area is 1630 Å². The zero-order chi connectivity index (χ0) is 663. The highest BCUT2D eigenvalue weighted by atomic mass is 19.1. The van der Waals surface area contributed by atoms with Gasteiger partial charge in [0.05, 0.1) is 77.8 Å². The van der Waals surface area contributed by atoms with E-state index in [1.165, 1.54) is 104 Å². The molecule has 123 heavy (non-hydrogen) atoms. The van der Waals surface area contributed by atoms with E-state index < -0.39 is 6.10 Å². The van der Waals surface area contributed by atoms with Crippen LogP contribution in [0.1, 0.15) is 1060 Å². The Morgan fingerprint density at radius 3 is 1.28 bits per heavy atom. The van der Waals surface area contributed by atoms with E-state index in [0.717, 1.165) is 89.5 Å². The third kappa shape index (κ3) is 51.5. The molecular weight excluding hydrogens is 1560 g/mol. The van der Waals surface area contributed by atoms with Crippen molar-refractivity contribution >= 4 is 5.78 Å². The van der Waals surface area contributed by atoms with Gasteiger partial charge in [0.1, 0.15) is 98.1 Å². The predicted octanol–water partition coefficient (Wildman–Crippen LogP) is 88.9. The van der Waals surface area contributed by atoms with Gasteiger partial charge in [0.25, 0.3) is 0 Å². The van der Waals surface area contributed by atoms with Gasteiger partial charge in [-0.1, -0.05) is 239 Å². The van der Waals surface area contributed by atoms with Crippen LogP contribution in [0, 0.1) is 35.4 Å². The third-order valence-electron chi connectivity index (χ3n) is 20.4. The number of para-hydroxylation sites is 5. The Balaban J connectivity index is -0.00000000827. The smallest absolute Gasteiger partial charge is 0.137 e. The monoisotopic (exact) mass is 3470 g/mol. The topological polar surface area (TPSA) is 296 Å². The van der Waals surface area contributed by atoms with Crippen LogP contribution in [-0.2, 0) is 60.9 Å². The van der Waals surface area contributed by atoms with Crippen LogP contribution in [0.3, 0.4) is 0 Å². The van der Waals surface area contributed by atoms with Crippen LogP contribution >= 0.6 is 0 Å². The summed E-state index contributed by atoms with van der Waals surface area (Å²) in [6.45, 7) is 25.0. The fourth-order valence-electron chi connectivity index (χ4n) is 12.9. The van der Waals surface area contributed by atoms with Gasteiger partial charge in [-0.3, -0.25) is 4.79 Å². The lowest BCUT2D eigenvalue weighted by Gasteiger charge is -2.19. The van der Waals surface area contributed by atoms with Crippen molar-refractivity contribution in [2.24, 2.45) is 29.6 Å². The van der Waals surface area contributed by atoms with Crippen LogP contribution in [0.2, 0.25) is 0 Å². The van der Waals surface area contributed by atoms with Crippen LogP contribution in [0.5, 0.6) is 40.2 Å². The number of fused-ring (bicyclic) bond motifs is 1. The van der Waals surface area contributed by atoms with Gasteiger partial charge in [-0.2, -0.15) is 0 Å². The van der Waals surface area contributed by atoms with Crippen LogP contribution in [-0.4, -0.2) is 206 Å². The Morgan fingerprint density at radius 1 is 0.463 bits per heavy atom. The minimum Gasteiger partial charge on any atom is -0.491 e. The molecule has 7 aromatic carbocycles. The number of carbonyl (C=O) groups is 1.